The summed E-state index contributed by atoms with van der Waals surface area (Å²) in [6.07, 6.45) is 5.07. The number of rotatable bonds is 8. The molecule has 2 amide bonds. The number of aromatic nitrogens is 2. The molecule has 1 unspecified atom stereocenters. The highest BCUT2D eigenvalue weighted by molar-refractivity contribution is 7.89. The van der Waals surface area contributed by atoms with E-state index in [1.54, 1.807) is 16.4 Å². The SMILES string of the molecule is CB(O)CCc1ccn(C2=CC3CN(C2)C(=O)N3OSOOO)n1. The molecule has 1 fully saturated rings. The lowest BCUT2D eigenvalue weighted by atomic mass is 9.67. The molecule has 0 spiro atoms. The molecule has 0 aromatic carbocycles. The zero-order valence-corrected chi connectivity index (χ0v) is 13.8. The van der Waals surface area contributed by atoms with Crippen molar-refractivity contribution in [1.29, 1.82) is 0 Å². The van der Waals surface area contributed by atoms with Gasteiger partial charge < -0.3 is 9.92 Å². The Kier molecular flexibility index (Phi) is 5.43. The molecule has 1 aromatic heterocycles. The minimum atomic E-state index is -0.364. The highest BCUT2D eigenvalue weighted by Gasteiger charge is 2.42. The van der Waals surface area contributed by atoms with Crippen LogP contribution in [0.4, 0.5) is 4.79 Å². The fourth-order valence-corrected chi connectivity index (χ4v) is 2.98. The molecule has 2 aliphatic heterocycles. The topological polar surface area (TPSA) is 110 Å². The van der Waals surface area contributed by atoms with Crippen molar-refractivity contribution in [2.45, 2.75) is 25.6 Å². The Morgan fingerprint density at radius 2 is 2.38 bits per heavy atom. The van der Waals surface area contributed by atoms with Gasteiger partial charge in [0.2, 0.25) is 12.3 Å². The van der Waals surface area contributed by atoms with Crippen LogP contribution in [0.2, 0.25) is 13.1 Å². The number of carbonyl (C=O) groups excluding carboxylic acids is 1. The second kappa shape index (κ2) is 7.55. The fourth-order valence-electron chi connectivity index (χ4n) is 2.69. The van der Waals surface area contributed by atoms with E-state index in [2.05, 4.69) is 14.5 Å². The molecule has 1 atom stereocenters. The zero-order chi connectivity index (χ0) is 17.1. The number of aryl methyl sites for hydroxylation is 1. The summed E-state index contributed by atoms with van der Waals surface area (Å²) in [4.78, 5) is 13.8. The normalized spacial score (nSPS) is 19.9. The minimum Gasteiger partial charge on any atom is -0.451 e. The predicted octanol–water partition coefficient (Wildman–Crippen LogP) is 0.916. The molecule has 1 saturated heterocycles. The van der Waals surface area contributed by atoms with E-state index in [-0.39, 0.29) is 19.0 Å². The first-order valence-electron chi connectivity index (χ1n) is 7.42. The lowest BCUT2D eigenvalue weighted by Gasteiger charge is -2.21. The zero-order valence-electron chi connectivity index (χ0n) is 12.9. The first-order valence-corrected chi connectivity index (χ1v) is 8.08. The van der Waals surface area contributed by atoms with Gasteiger partial charge in [-0.3, -0.25) is 0 Å². The molecular formula is C12H17BN4O6S. The maximum Gasteiger partial charge on any atom is 0.346 e. The van der Waals surface area contributed by atoms with Crippen LogP contribution in [0.25, 0.3) is 5.70 Å². The van der Waals surface area contributed by atoms with Crippen molar-refractivity contribution in [2.24, 2.45) is 0 Å². The van der Waals surface area contributed by atoms with E-state index in [1.165, 1.54) is 0 Å². The molecular weight excluding hydrogens is 339 g/mol. The molecule has 1 aromatic rings. The Morgan fingerprint density at radius 3 is 3.12 bits per heavy atom. The lowest BCUT2D eigenvalue weighted by Crippen LogP contribution is -2.32. The monoisotopic (exact) mass is 356 g/mol. The molecule has 24 heavy (non-hydrogen) atoms. The third kappa shape index (κ3) is 3.74. The first-order chi connectivity index (χ1) is 11.6. The van der Waals surface area contributed by atoms with E-state index < -0.39 is 0 Å². The predicted molar refractivity (Wildman–Crippen MR) is 84.9 cm³/mol. The Morgan fingerprint density at radius 1 is 1.54 bits per heavy atom. The second-order valence-electron chi connectivity index (χ2n) is 5.64. The lowest BCUT2D eigenvalue weighted by molar-refractivity contribution is -0.435. The van der Waals surface area contributed by atoms with Gasteiger partial charge in [-0.05, 0) is 24.9 Å². The minimum absolute atomic E-state index is 0.291. The maximum atomic E-state index is 12.2. The molecule has 2 bridgehead atoms. The third-order valence-corrected chi connectivity index (χ3v) is 4.17. The first kappa shape index (κ1) is 17.3. The van der Waals surface area contributed by atoms with Crippen LogP contribution in [0.1, 0.15) is 5.69 Å². The summed E-state index contributed by atoms with van der Waals surface area (Å²) in [7, 11) is 0. The van der Waals surface area contributed by atoms with E-state index in [9.17, 15) is 9.82 Å². The summed E-state index contributed by atoms with van der Waals surface area (Å²) in [6.45, 7) is 2.29. The van der Waals surface area contributed by atoms with Gasteiger partial charge in [0.1, 0.15) is 6.04 Å². The van der Waals surface area contributed by atoms with E-state index in [0.29, 0.717) is 38.2 Å². The molecule has 2 N–H and O–H groups in total. The highest BCUT2D eigenvalue weighted by Crippen LogP contribution is 2.28. The van der Waals surface area contributed by atoms with E-state index in [4.69, 9.17) is 9.54 Å². The Bertz CT molecular complexity index is 626. The number of hydrogen-bond acceptors (Lipinski definition) is 8. The van der Waals surface area contributed by atoms with Gasteiger partial charge in [-0.2, -0.15) is 14.4 Å². The summed E-state index contributed by atoms with van der Waals surface area (Å²) >= 11 is 0.344. The molecule has 130 valence electrons. The van der Waals surface area contributed by atoms with Crippen molar-refractivity contribution in [3.05, 3.63) is 24.0 Å². The Balaban J connectivity index is 1.67. The van der Waals surface area contributed by atoms with Crippen LogP contribution in [0.5, 0.6) is 0 Å². The summed E-state index contributed by atoms with van der Waals surface area (Å²) in [5.41, 5.74) is 1.74. The number of carbonyl (C=O) groups is 1. The van der Waals surface area contributed by atoms with Gasteiger partial charge in [0.15, 0.2) is 0 Å². The van der Waals surface area contributed by atoms with Gasteiger partial charge in [-0.15, -0.1) is 4.33 Å². The Hall–Kier alpha value is -1.57. The Labute approximate surface area is 142 Å². The second-order valence-corrected chi connectivity index (χ2v) is 6.06. The number of fused-ring (bicyclic) bond motifs is 2. The van der Waals surface area contributed by atoms with Gasteiger partial charge in [0.25, 0.3) is 6.92 Å². The molecule has 0 saturated carbocycles. The van der Waals surface area contributed by atoms with Crippen molar-refractivity contribution in [2.75, 3.05) is 13.1 Å². The average Bonchev–Trinajstić information content (AvgIpc) is 3.12. The molecule has 0 aliphatic carbocycles. The van der Waals surface area contributed by atoms with Crippen molar-refractivity contribution in [3.63, 3.8) is 0 Å². The summed E-state index contributed by atoms with van der Waals surface area (Å²) in [6, 6.07) is 1.30. The fraction of sp³-hybridized carbons (Fsp3) is 0.500. The molecule has 3 rings (SSSR count). The third-order valence-electron chi connectivity index (χ3n) is 3.83. The van der Waals surface area contributed by atoms with Crippen LogP contribution in [0, 0.1) is 0 Å². The van der Waals surface area contributed by atoms with Gasteiger partial charge >= 0.3 is 6.03 Å². The van der Waals surface area contributed by atoms with Crippen molar-refractivity contribution < 1.29 is 28.7 Å². The number of hydrogen-bond donors (Lipinski definition) is 2. The van der Waals surface area contributed by atoms with Crippen molar-refractivity contribution in [1.82, 2.24) is 19.7 Å². The summed E-state index contributed by atoms with van der Waals surface area (Å²) in [5, 5.41) is 26.5. The number of amides is 2. The number of urea groups is 1. The van der Waals surface area contributed by atoms with Crippen LogP contribution in [-0.2, 0) is 20.1 Å². The molecule has 3 heterocycles. The molecule has 10 nitrogen and oxygen atoms in total. The van der Waals surface area contributed by atoms with Gasteiger partial charge in [0, 0.05) is 12.7 Å². The number of nitrogens with zero attached hydrogens (tertiary/aromatic N) is 4. The van der Waals surface area contributed by atoms with Gasteiger partial charge in [-0.25, -0.2) is 14.7 Å². The van der Waals surface area contributed by atoms with Gasteiger partial charge in [0.05, 0.1) is 17.9 Å². The van der Waals surface area contributed by atoms with Crippen LogP contribution >= 0.6 is 12.3 Å². The van der Waals surface area contributed by atoms with Crippen LogP contribution in [0.3, 0.4) is 0 Å². The quantitative estimate of drug-likeness (QED) is 0.233. The standard InChI is InChI=1S/C12H17BN4O6S/c1-13(19)4-2-9-3-5-16(14-9)10-6-11-8-15(7-10)12(18)17(11)21-24-23-22-20/h3,5-6,11,19-20H,2,4,7-8H2,1H3. The van der Waals surface area contributed by atoms with Crippen molar-refractivity contribution in [3.8, 4) is 0 Å². The molecule has 0 radical (unpaired) electrons. The van der Waals surface area contributed by atoms with E-state index in [1.807, 2.05) is 18.3 Å². The van der Waals surface area contributed by atoms with E-state index >= 15 is 0 Å². The van der Waals surface area contributed by atoms with Gasteiger partial charge in [-0.1, -0.05) is 11.9 Å². The summed E-state index contributed by atoms with van der Waals surface area (Å²) in [5.74, 6) is 0. The number of hydroxylamine groups is 2. The highest BCUT2D eigenvalue weighted by atomic mass is 32.2. The molecule has 12 heteroatoms. The smallest absolute Gasteiger partial charge is 0.346 e. The average molecular weight is 356 g/mol. The summed E-state index contributed by atoms with van der Waals surface area (Å²) < 4.78 is 10.9. The van der Waals surface area contributed by atoms with E-state index in [0.717, 1.165) is 16.5 Å². The van der Waals surface area contributed by atoms with Crippen LogP contribution in [0.15, 0.2) is 18.3 Å². The maximum absolute atomic E-state index is 12.2. The largest absolute Gasteiger partial charge is 0.451 e. The van der Waals surface area contributed by atoms with Crippen LogP contribution in [-0.4, -0.2) is 62.1 Å². The van der Waals surface area contributed by atoms with Crippen molar-refractivity contribution >= 4 is 31.0 Å². The van der Waals surface area contributed by atoms with Crippen LogP contribution < -0.4 is 0 Å². The molecule has 2 aliphatic rings.